The molecule has 418 valence electrons. The van der Waals surface area contributed by atoms with Gasteiger partial charge in [-0.3, -0.25) is 14.4 Å². The van der Waals surface area contributed by atoms with Gasteiger partial charge < -0.3 is 14.2 Å². The minimum Gasteiger partial charge on any atom is -0.462 e. The Hall–Kier alpha value is -2.89. The van der Waals surface area contributed by atoms with Gasteiger partial charge in [0, 0.05) is 19.3 Å². The van der Waals surface area contributed by atoms with Crippen molar-refractivity contribution in [3.8, 4) is 0 Å². The molecule has 72 heavy (non-hydrogen) atoms. The van der Waals surface area contributed by atoms with E-state index in [4.69, 9.17) is 14.2 Å². The van der Waals surface area contributed by atoms with Crippen molar-refractivity contribution in [1.82, 2.24) is 0 Å². The lowest BCUT2D eigenvalue weighted by Gasteiger charge is -2.18. The van der Waals surface area contributed by atoms with Crippen LogP contribution >= 0.6 is 0 Å². The van der Waals surface area contributed by atoms with Crippen LogP contribution in [0, 0.1) is 0 Å². The fraction of sp³-hybridized carbons (Fsp3) is 0.803. The highest BCUT2D eigenvalue weighted by atomic mass is 16.6. The third kappa shape index (κ3) is 58.0. The minimum atomic E-state index is -0.774. The molecule has 1 unspecified atom stereocenters. The van der Waals surface area contributed by atoms with Gasteiger partial charge in [-0.25, -0.2) is 0 Å². The van der Waals surface area contributed by atoms with Gasteiger partial charge in [0.05, 0.1) is 0 Å². The maximum Gasteiger partial charge on any atom is 0.306 e. The minimum absolute atomic E-state index is 0.0730. The van der Waals surface area contributed by atoms with Gasteiger partial charge in [0.15, 0.2) is 6.10 Å². The maximum atomic E-state index is 12.9. The van der Waals surface area contributed by atoms with E-state index in [1.165, 1.54) is 193 Å². The molecule has 0 aliphatic rings. The Bertz CT molecular complexity index is 1290. The molecule has 0 saturated heterocycles. The van der Waals surface area contributed by atoms with Crippen molar-refractivity contribution in [2.24, 2.45) is 0 Å². The summed E-state index contributed by atoms with van der Waals surface area (Å²) < 4.78 is 16.9. The van der Waals surface area contributed by atoms with Crippen molar-refractivity contribution in [1.29, 1.82) is 0 Å². The molecular weight excluding hydrogens is 889 g/mol. The summed E-state index contributed by atoms with van der Waals surface area (Å²) in [5, 5.41) is 0. The Balaban J connectivity index is 4.21. The zero-order chi connectivity index (χ0) is 52.2. The smallest absolute Gasteiger partial charge is 0.306 e. The van der Waals surface area contributed by atoms with Crippen molar-refractivity contribution in [3.63, 3.8) is 0 Å². The van der Waals surface area contributed by atoms with Crippen molar-refractivity contribution in [2.45, 2.75) is 329 Å². The standard InChI is InChI=1S/C66H118O6/c1-4-7-10-13-16-19-22-25-27-28-29-30-31-32-33-34-35-36-37-38-39-42-44-47-50-53-56-59-65(68)71-62-63(61-70-64(67)58-55-52-49-46-43-40-24-21-18-15-12-9-6-3)72-66(69)60-57-54-51-48-45-41-26-23-20-17-14-11-8-5-2/h7,10,16,19,21,24-25,27,29-30,63H,4-6,8-9,11-15,17-18,20,22-23,26,28,31-62H2,1-3H3/b10-7-,19-16-,24-21-,27-25-,30-29-. The molecule has 1 atom stereocenters. The van der Waals surface area contributed by atoms with Crippen LogP contribution in [-0.4, -0.2) is 37.2 Å². The zero-order valence-electron chi connectivity index (χ0n) is 47.9. The topological polar surface area (TPSA) is 78.9 Å². The molecule has 0 N–H and O–H groups in total. The zero-order valence-corrected chi connectivity index (χ0v) is 47.9. The van der Waals surface area contributed by atoms with Crippen molar-refractivity contribution < 1.29 is 28.6 Å². The Morgan fingerprint density at radius 3 is 0.875 bits per heavy atom. The Kier molecular flexibility index (Phi) is 58.2. The van der Waals surface area contributed by atoms with Crippen molar-refractivity contribution in [2.75, 3.05) is 13.2 Å². The van der Waals surface area contributed by atoms with Crippen LogP contribution in [0.5, 0.6) is 0 Å². The van der Waals surface area contributed by atoms with Gasteiger partial charge >= 0.3 is 17.9 Å². The molecule has 6 heteroatoms. The highest BCUT2D eigenvalue weighted by Crippen LogP contribution is 2.17. The average molecular weight is 1010 g/mol. The molecule has 0 aromatic heterocycles. The van der Waals surface area contributed by atoms with Gasteiger partial charge in [-0.05, 0) is 83.5 Å². The summed E-state index contributed by atoms with van der Waals surface area (Å²) in [5.41, 5.74) is 0. The number of rotatable bonds is 57. The maximum absolute atomic E-state index is 12.9. The first-order valence-corrected chi connectivity index (χ1v) is 31.3. The van der Waals surface area contributed by atoms with E-state index in [9.17, 15) is 14.4 Å². The van der Waals surface area contributed by atoms with E-state index >= 15 is 0 Å². The largest absolute Gasteiger partial charge is 0.462 e. The van der Waals surface area contributed by atoms with Gasteiger partial charge in [-0.1, -0.05) is 281 Å². The summed E-state index contributed by atoms with van der Waals surface area (Å²) >= 11 is 0. The highest BCUT2D eigenvalue weighted by Gasteiger charge is 2.19. The van der Waals surface area contributed by atoms with E-state index in [1.54, 1.807) is 0 Å². The first-order chi connectivity index (χ1) is 35.5. The lowest BCUT2D eigenvalue weighted by molar-refractivity contribution is -0.167. The van der Waals surface area contributed by atoms with Crippen LogP contribution in [0.4, 0.5) is 0 Å². The summed E-state index contributed by atoms with van der Waals surface area (Å²) in [6, 6.07) is 0. The van der Waals surface area contributed by atoms with E-state index in [1.807, 2.05) is 0 Å². The molecule has 0 aliphatic carbocycles. The summed E-state index contributed by atoms with van der Waals surface area (Å²) in [6.45, 7) is 6.54. The second-order valence-corrected chi connectivity index (χ2v) is 20.9. The molecule has 6 nitrogen and oxygen atoms in total. The Morgan fingerprint density at radius 2 is 0.542 bits per heavy atom. The molecule has 0 amide bonds. The number of hydrogen-bond acceptors (Lipinski definition) is 6. The van der Waals surface area contributed by atoms with Gasteiger partial charge in [0.25, 0.3) is 0 Å². The van der Waals surface area contributed by atoms with Crippen molar-refractivity contribution >= 4 is 17.9 Å². The summed E-state index contributed by atoms with van der Waals surface area (Å²) in [5.74, 6) is -0.865. The number of carbonyl (C=O) groups excluding carboxylic acids is 3. The summed E-state index contributed by atoms with van der Waals surface area (Å²) in [7, 11) is 0. The molecule has 0 saturated carbocycles. The monoisotopic (exact) mass is 1010 g/mol. The van der Waals surface area contributed by atoms with Gasteiger partial charge in [0.2, 0.25) is 0 Å². The van der Waals surface area contributed by atoms with Crippen LogP contribution in [0.2, 0.25) is 0 Å². The highest BCUT2D eigenvalue weighted by molar-refractivity contribution is 5.71. The van der Waals surface area contributed by atoms with E-state index in [0.29, 0.717) is 19.3 Å². The average Bonchev–Trinajstić information content (AvgIpc) is 3.38. The molecular formula is C66H118O6. The van der Waals surface area contributed by atoms with Gasteiger partial charge in [0.1, 0.15) is 13.2 Å². The van der Waals surface area contributed by atoms with Crippen LogP contribution in [0.3, 0.4) is 0 Å². The lowest BCUT2D eigenvalue weighted by Crippen LogP contribution is -2.30. The number of ether oxygens (including phenoxy) is 3. The molecule has 0 heterocycles. The fourth-order valence-electron chi connectivity index (χ4n) is 9.08. The quantitative estimate of drug-likeness (QED) is 0.0261. The summed E-state index contributed by atoms with van der Waals surface area (Å²) in [4.78, 5) is 38.2. The van der Waals surface area contributed by atoms with E-state index < -0.39 is 6.10 Å². The van der Waals surface area contributed by atoms with Crippen LogP contribution in [0.15, 0.2) is 60.8 Å². The number of esters is 3. The number of allylic oxidation sites excluding steroid dienone is 10. The van der Waals surface area contributed by atoms with Gasteiger partial charge in [-0.2, -0.15) is 0 Å². The first-order valence-electron chi connectivity index (χ1n) is 31.3. The first kappa shape index (κ1) is 69.1. The SMILES string of the molecule is CC/C=C\C/C=C\C/C=C\C/C=C\CCCCCCCCCCCCCCCCC(=O)OCC(COC(=O)CCCCCCC/C=C\CCCCCC)OC(=O)CCCCCCCCCCCCCCCC. The normalized spacial score (nSPS) is 12.4. The van der Waals surface area contributed by atoms with E-state index in [-0.39, 0.29) is 31.1 Å². The molecule has 0 bridgehead atoms. The van der Waals surface area contributed by atoms with Crippen LogP contribution in [0.1, 0.15) is 323 Å². The number of hydrogen-bond donors (Lipinski definition) is 0. The predicted octanol–water partition coefficient (Wildman–Crippen LogP) is 21.2. The van der Waals surface area contributed by atoms with Crippen LogP contribution < -0.4 is 0 Å². The number of unbranched alkanes of at least 4 members (excludes halogenated alkanes) is 36. The number of carbonyl (C=O) groups is 3. The van der Waals surface area contributed by atoms with E-state index in [0.717, 1.165) is 89.9 Å². The molecule has 0 aliphatic heterocycles. The molecule has 0 aromatic rings. The third-order valence-corrected chi connectivity index (χ3v) is 13.8. The molecule has 0 rings (SSSR count). The second-order valence-electron chi connectivity index (χ2n) is 20.9. The van der Waals surface area contributed by atoms with Crippen LogP contribution in [-0.2, 0) is 28.6 Å². The lowest BCUT2D eigenvalue weighted by atomic mass is 10.0. The summed E-state index contributed by atoms with van der Waals surface area (Å²) in [6.07, 6.45) is 76.5. The Morgan fingerprint density at radius 1 is 0.292 bits per heavy atom. The molecule has 0 aromatic carbocycles. The third-order valence-electron chi connectivity index (χ3n) is 13.8. The molecule has 0 radical (unpaired) electrons. The fourth-order valence-corrected chi connectivity index (χ4v) is 9.08. The van der Waals surface area contributed by atoms with E-state index in [2.05, 4.69) is 81.5 Å². The van der Waals surface area contributed by atoms with Gasteiger partial charge in [-0.15, -0.1) is 0 Å². The molecule has 0 fully saturated rings. The van der Waals surface area contributed by atoms with Crippen LogP contribution in [0.25, 0.3) is 0 Å². The van der Waals surface area contributed by atoms with Crippen molar-refractivity contribution in [3.05, 3.63) is 60.8 Å². The Labute approximate surface area is 447 Å². The molecule has 0 spiro atoms. The second kappa shape index (κ2) is 60.7. The predicted molar refractivity (Wildman–Crippen MR) is 312 cm³/mol.